The van der Waals surface area contributed by atoms with Gasteiger partial charge in [0.15, 0.2) is 0 Å². The van der Waals surface area contributed by atoms with Crippen molar-refractivity contribution in [3.63, 3.8) is 0 Å². The van der Waals surface area contributed by atoms with E-state index in [1.807, 2.05) is 56.3 Å². The molecule has 0 aromatic heterocycles. The van der Waals surface area contributed by atoms with Crippen LogP contribution in [0.3, 0.4) is 0 Å². The molecule has 0 bridgehead atoms. The Morgan fingerprint density at radius 2 is 1.97 bits per heavy atom. The summed E-state index contributed by atoms with van der Waals surface area (Å²) in [6.45, 7) is 4.82. The Morgan fingerprint density at radius 3 is 2.67 bits per heavy atom. The summed E-state index contributed by atoms with van der Waals surface area (Å²) in [6.07, 6.45) is 2.85. The fourth-order valence-corrected chi connectivity index (χ4v) is 3.94. The molecule has 3 rings (SSSR count). The van der Waals surface area contributed by atoms with Crippen LogP contribution in [0.2, 0.25) is 0 Å². The second-order valence-electron chi connectivity index (χ2n) is 6.72. The number of rotatable bonds is 8. The molecular weight excluding hydrogens is 489 g/mol. The zero-order valence-electron chi connectivity index (χ0n) is 17.2. The second-order valence-corrected chi connectivity index (χ2v) is 7.77. The molecule has 2 aromatic rings. The Bertz CT molecular complexity index is 910. The second kappa shape index (κ2) is 12.1. The molecule has 0 spiro atoms. The molecule has 0 saturated carbocycles. The number of carbonyl (C=O) groups is 1. The molecule has 0 aliphatic carbocycles. The number of aliphatic imine (C=N–C) groups is 1. The van der Waals surface area contributed by atoms with Crippen LogP contribution in [-0.2, 0) is 35.8 Å². The van der Waals surface area contributed by atoms with Crippen LogP contribution in [-0.4, -0.2) is 30.0 Å². The van der Waals surface area contributed by atoms with Gasteiger partial charge in [-0.2, -0.15) is 0 Å². The zero-order valence-corrected chi connectivity index (χ0v) is 19.5. The van der Waals surface area contributed by atoms with E-state index in [-0.39, 0.29) is 38.6 Å². The first-order valence-electron chi connectivity index (χ1n) is 9.86. The average Bonchev–Trinajstić information content (AvgIpc) is 2.90. The van der Waals surface area contributed by atoms with Crippen LogP contribution in [0.4, 0.5) is 5.69 Å². The number of thioether (sulfide) groups is 1. The van der Waals surface area contributed by atoms with E-state index in [0.717, 1.165) is 28.3 Å². The minimum Gasteiger partial charge on any atom is -0.485 e. The number of amidine groups is 1. The number of amides is 1. The molecule has 1 amide bonds. The molecule has 1 aliphatic rings. The Kier molecular flexibility index (Phi) is 9.80. The van der Waals surface area contributed by atoms with E-state index in [4.69, 9.17) is 10.6 Å². The summed E-state index contributed by atoms with van der Waals surface area (Å²) in [5, 5.41) is 1.40. The fourth-order valence-electron chi connectivity index (χ4n) is 3.06. The Balaban J connectivity index is 0.00000320. The number of nitrogens with one attached hydrogen (secondary N) is 1. The summed E-state index contributed by atoms with van der Waals surface area (Å²) < 4.78 is 0. The number of fused-ring (bicyclic) bond motifs is 1. The maximum absolute atomic E-state index is 12.9. The fraction of sp³-hybridized carbons (Fsp3) is 0.304. The number of hydrogen-bond acceptors (Lipinski definition) is 4. The number of carbonyl (C=O) groups excluding carboxylic acids is 1. The standard InChI is InChI=1S/C23H27N3O2S.Pd/c1-3-12-26(28-4-2)23(27)19-13-18-10-11-20(15-21(18)25-22(24)14-19)29-16-17-8-6-5-7-9-17;/h5-11,13,15H,3-4,12,14,16H2,1-2H3,(H2,24,25,27);/p-1. The molecule has 0 radical (unpaired) electrons. The maximum Gasteiger partial charge on any atom is 0.273 e. The summed E-state index contributed by atoms with van der Waals surface area (Å²) in [7, 11) is 0. The largest absolute Gasteiger partial charge is 0.485 e. The zero-order chi connectivity index (χ0) is 20.6. The predicted octanol–water partition coefficient (Wildman–Crippen LogP) is 6.04. The van der Waals surface area contributed by atoms with Crippen molar-refractivity contribution >= 4 is 35.3 Å². The van der Waals surface area contributed by atoms with Gasteiger partial charge in [-0.05, 0) is 54.8 Å². The molecule has 1 heterocycles. The van der Waals surface area contributed by atoms with Crippen molar-refractivity contribution in [1.82, 2.24) is 5.06 Å². The Morgan fingerprint density at radius 1 is 1.20 bits per heavy atom. The van der Waals surface area contributed by atoms with Crippen molar-refractivity contribution in [3.8, 4) is 0 Å². The first-order valence-corrected chi connectivity index (χ1v) is 10.8. The third-order valence-corrected chi connectivity index (χ3v) is 5.47. The van der Waals surface area contributed by atoms with Crippen LogP contribution >= 0.6 is 11.8 Å². The molecule has 30 heavy (non-hydrogen) atoms. The SMILES string of the molecule is CCCN(OCC)C(=O)C1=Cc2ccc(SCc3ccccc3)cc2N=C([NH-])C1.[Pd]. The number of hydroxylamine groups is 2. The van der Waals surface area contributed by atoms with Crippen LogP contribution in [0.5, 0.6) is 0 Å². The van der Waals surface area contributed by atoms with Crippen LogP contribution in [0.15, 0.2) is 64.0 Å². The molecule has 2 aromatic carbocycles. The van der Waals surface area contributed by atoms with Crippen LogP contribution in [0.1, 0.15) is 37.8 Å². The van der Waals surface area contributed by atoms with Gasteiger partial charge >= 0.3 is 0 Å². The van der Waals surface area contributed by atoms with E-state index in [1.165, 1.54) is 10.6 Å². The Labute approximate surface area is 196 Å². The van der Waals surface area contributed by atoms with Crippen molar-refractivity contribution in [2.24, 2.45) is 4.99 Å². The van der Waals surface area contributed by atoms with Crippen molar-refractivity contribution in [1.29, 1.82) is 0 Å². The Hall–Kier alpha value is -1.91. The molecule has 162 valence electrons. The van der Waals surface area contributed by atoms with Gasteiger partial charge in [-0.3, -0.25) is 9.63 Å². The third kappa shape index (κ3) is 6.55. The van der Waals surface area contributed by atoms with Crippen molar-refractivity contribution in [2.45, 2.75) is 37.3 Å². The van der Waals surface area contributed by atoms with Gasteiger partial charge in [0.2, 0.25) is 0 Å². The van der Waals surface area contributed by atoms with Gasteiger partial charge in [-0.15, -0.1) is 11.8 Å². The van der Waals surface area contributed by atoms with E-state index in [9.17, 15) is 4.79 Å². The van der Waals surface area contributed by atoms with E-state index in [2.05, 4.69) is 17.1 Å². The van der Waals surface area contributed by atoms with E-state index in [1.54, 1.807) is 11.8 Å². The monoisotopic (exact) mass is 514 g/mol. The quantitative estimate of drug-likeness (QED) is 0.245. The van der Waals surface area contributed by atoms with Crippen molar-refractivity contribution in [3.05, 3.63) is 71.0 Å². The smallest absolute Gasteiger partial charge is 0.273 e. The van der Waals surface area contributed by atoms with Gasteiger partial charge < -0.3 is 10.7 Å². The summed E-state index contributed by atoms with van der Waals surface area (Å²) in [5.41, 5.74) is 11.6. The minimum absolute atomic E-state index is 0. The van der Waals surface area contributed by atoms with Gasteiger partial charge in [-0.25, -0.2) is 5.06 Å². The molecule has 0 atom stereocenters. The molecule has 0 saturated heterocycles. The van der Waals surface area contributed by atoms with Crippen molar-refractivity contribution < 1.29 is 30.1 Å². The van der Waals surface area contributed by atoms with Crippen LogP contribution < -0.4 is 0 Å². The van der Waals surface area contributed by atoms with E-state index >= 15 is 0 Å². The molecular formula is C23H26N3O2PdS-. The summed E-state index contributed by atoms with van der Waals surface area (Å²) in [4.78, 5) is 23.9. The molecule has 1 aliphatic heterocycles. The number of hydrogen-bond donors (Lipinski definition) is 0. The van der Waals surface area contributed by atoms with Gasteiger partial charge in [-0.1, -0.05) is 49.2 Å². The molecule has 0 fully saturated rings. The first-order chi connectivity index (χ1) is 14.1. The molecule has 0 unspecified atom stereocenters. The summed E-state index contributed by atoms with van der Waals surface area (Å²) >= 11 is 1.73. The minimum atomic E-state index is -0.191. The summed E-state index contributed by atoms with van der Waals surface area (Å²) in [6, 6.07) is 16.3. The van der Waals surface area contributed by atoms with Gasteiger partial charge in [0.1, 0.15) is 0 Å². The van der Waals surface area contributed by atoms with Crippen molar-refractivity contribution in [2.75, 3.05) is 13.2 Å². The van der Waals surface area contributed by atoms with E-state index in [0.29, 0.717) is 18.7 Å². The maximum atomic E-state index is 12.9. The van der Waals surface area contributed by atoms with Crippen LogP contribution in [0, 0.1) is 0 Å². The number of nitrogens with zero attached hydrogens (tertiary/aromatic N) is 2. The van der Waals surface area contributed by atoms with Gasteiger partial charge in [0, 0.05) is 43.2 Å². The third-order valence-electron chi connectivity index (χ3n) is 4.41. The predicted molar refractivity (Wildman–Crippen MR) is 120 cm³/mol. The topological polar surface area (TPSA) is 65.7 Å². The summed E-state index contributed by atoms with van der Waals surface area (Å²) in [5.74, 6) is 0.863. The van der Waals surface area contributed by atoms with Gasteiger partial charge in [0.25, 0.3) is 5.91 Å². The average molecular weight is 515 g/mol. The molecule has 1 N–H and O–H groups in total. The van der Waals surface area contributed by atoms with E-state index < -0.39 is 0 Å². The van der Waals surface area contributed by atoms with Crippen LogP contribution in [0.25, 0.3) is 11.8 Å². The number of benzene rings is 2. The molecule has 7 heteroatoms. The molecule has 5 nitrogen and oxygen atoms in total. The first kappa shape index (κ1) is 24.4. The van der Waals surface area contributed by atoms with Gasteiger partial charge in [0.05, 0.1) is 6.61 Å². The normalized spacial score (nSPS) is 12.7.